The zero-order valence-corrected chi connectivity index (χ0v) is 13.3. The number of hydrogen-bond donors (Lipinski definition) is 1. The van der Waals surface area contributed by atoms with Gasteiger partial charge in [0.25, 0.3) is 5.91 Å². The first-order chi connectivity index (χ1) is 11.6. The molecule has 0 unspecified atom stereocenters. The lowest BCUT2D eigenvalue weighted by atomic mass is 10.0. The molecule has 1 N–H and O–H groups in total. The summed E-state index contributed by atoms with van der Waals surface area (Å²) in [5.41, 5.74) is 1.02. The minimum Gasteiger partial charge on any atom is -0.484 e. The van der Waals surface area contributed by atoms with E-state index in [4.69, 9.17) is 4.74 Å². The molecule has 3 rings (SSSR count). The highest BCUT2D eigenvalue weighted by Crippen LogP contribution is 2.20. The van der Waals surface area contributed by atoms with Gasteiger partial charge in [0, 0.05) is 6.07 Å². The Morgan fingerprint density at radius 1 is 1.04 bits per heavy atom. The van der Waals surface area contributed by atoms with Crippen LogP contribution in [0.2, 0.25) is 0 Å². The van der Waals surface area contributed by atoms with Crippen molar-refractivity contribution in [3.8, 4) is 5.75 Å². The second kappa shape index (κ2) is 7.13. The van der Waals surface area contributed by atoms with Crippen molar-refractivity contribution in [3.63, 3.8) is 0 Å². The third-order valence-electron chi connectivity index (χ3n) is 3.82. The Balaban J connectivity index is 1.60. The first kappa shape index (κ1) is 16.0. The van der Waals surface area contributed by atoms with E-state index in [2.05, 4.69) is 17.4 Å². The summed E-state index contributed by atoms with van der Waals surface area (Å²) < 4.78 is 18.4. The molecule has 0 radical (unpaired) electrons. The van der Waals surface area contributed by atoms with Gasteiger partial charge in [-0.15, -0.1) is 0 Å². The molecule has 1 atom stereocenters. The Morgan fingerprint density at radius 2 is 1.83 bits per heavy atom. The van der Waals surface area contributed by atoms with Gasteiger partial charge in [-0.25, -0.2) is 4.39 Å². The van der Waals surface area contributed by atoms with Gasteiger partial charge < -0.3 is 10.1 Å². The quantitative estimate of drug-likeness (QED) is 0.763. The number of amides is 1. The number of carbonyl (C=O) groups excluding carboxylic acids is 1. The van der Waals surface area contributed by atoms with Crippen LogP contribution in [0.15, 0.2) is 66.7 Å². The van der Waals surface area contributed by atoms with Crippen molar-refractivity contribution in [2.75, 3.05) is 6.61 Å². The van der Waals surface area contributed by atoms with E-state index >= 15 is 0 Å². The number of benzene rings is 3. The minimum absolute atomic E-state index is 0.141. The zero-order chi connectivity index (χ0) is 16.9. The van der Waals surface area contributed by atoms with Crippen molar-refractivity contribution in [1.29, 1.82) is 0 Å². The molecule has 3 aromatic carbocycles. The zero-order valence-electron chi connectivity index (χ0n) is 13.3. The molecule has 24 heavy (non-hydrogen) atoms. The van der Waals surface area contributed by atoms with Gasteiger partial charge in [0.05, 0.1) is 6.04 Å². The van der Waals surface area contributed by atoms with Gasteiger partial charge in [0.1, 0.15) is 11.6 Å². The van der Waals surface area contributed by atoms with Gasteiger partial charge in [-0.05, 0) is 41.5 Å². The fraction of sp³-hybridized carbons (Fsp3) is 0.150. The molecular weight excluding hydrogens is 305 g/mol. The highest BCUT2D eigenvalue weighted by molar-refractivity contribution is 5.83. The molecule has 0 saturated heterocycles. The molecular formula is C20H18FNO2. The van der Waals surface area contributed by atoms with E-state index in [0.717, 1.165) is 16.3 Å². The van der Waals surface area contributed by atoms with Gasteiger partial charge in [0.15, 0.2) is 6.61 Å². The molecule has 0 aliphatic rings. The first-order valence-electron chi connectivity index (χ1n) is 7.78. The predicted molar refractivity (Wildman–Crippen MR) is 92.4 cm³/mol. The standard InChI is InChI=1S/C20H18FNO2/c1-14(16-10-9-15-5-2-3-6-17(15)11-16)22-20(23)13-24-19-8-4-7-18(21)12-19/h2-12,14H,13H2,1H3,(H,22,23)/t14-/m1/s1. The molecule has 1 amide bonds. The smallest absolute Gasteiger partial charge is 0.258 e. The second-order valence-electron chi connectivity index (χ2n) is 5.64. The summed E-state index contributed by atoms with van der Waals surface area (Å²) in [6, 6.07) is 19.8. The largest absolute Gasteiger partial charge is 0.484 e. The van der Waals surface area contributed by atoms with Crippen LogP contribution >= 0.6 is 0 Å². The Kier molecular flexibility index (Phi) is 4.75. The molecule has 0 fully saturated rings. The summed E-state index contributed by atoms with van der Waals surface area (Å²) in [4.78, 5) is 12.0. The summed E-state index contributed by atoms with van der Waals surface area (Å²) in [7, 11) is 0. The fourth-order valence-electron chi connectivity index (χ4n) is 2.55. The monoisotopic (exact) mass is 323 g/mol. The van der Waals surface area contributed by atoms with Gasteiger partial charge in [-0.1, -0.05) is 42.5 Å². The summed E-state index contributed by atoms with van der Waals surface area (Å²) >= 11 is 0. The molecule has 0 aromatic heterocycles. The van der Waals surface area contributed by atoms with Crippen molar-refractivity contribution >= 4 is 16.7 Å². The third kappa shape index (κ3) is 3.90. The van der Waals surface area contributed by atoms with Crippen LogP contribution < -0.4 is 10.1 Å². The molecule has 3 aromatic rings. The molecule has 0 saturated carbocycles. The summed E-state index contributed by atoms with van der Waals surface area (Å²) in [5.74, 6) is -0.305. The molecule has 0 heterocycles. The molecule has 0 bridgehead atoms. The number of nitrogens with one attached hydrogen (secondary N) is 1. The van der Waals surface area contributed by atoms with Crippen LogP contribution in [-0.4, -0.2) is 12.5 Å². The van der Waals surface area contributed by atoms with Gasteiger partial charge in [-0.3, -0.25) is 4.79 Å². The Bertz CT molecular complexity index is 863. The number of ether oxygens (including phenoxy) is 1. The van der Waals surface area contributed by atoms with Crippen molar-refractivity contribution in [2.45, 2.75) is 13.0 Å². The maximum Gasteiger partial charge on any atom is 0.258 e. The van der Waals surface area contributed by atoms with Crippen LogP contribution in [0.1, 0.15) is 18.5 Å². The SMILES string of the molecule is C[C@@H](NC(=O)COc1cccc(F)c1)c1ccc2ccccc2c1. The summed E-state index contributed by atoms with van der Waals surface area (Å²) in [6.45, 7) is 1.77. The lowest BCUT2D eigenvalue weighted by Gasteiger charge is -2.15. The molecule has 0 spiro atoms. The van der Waals surface area contributed by atoms with Crippen LogP contribution in [0.4, 0.5) is 4.39 Å². The highest BCUT2D eigenvalue weighted by Gasteiger charge is 2.11. The Labute approximate surface area is 140 Å². The van der Waals surface area contributed by atoms with E-state index in [-0.39, 0.29) is 18.6 Å². The van der Waals surface area contributed by atoms with Crippen LogP contribution in [0.5, 0.6) is 5.75 Å². The van der Waals surface area contributed by atoms with Gasteiger partial charge in [-0.2, -0.15) is 0 Å². The normalized spacial score (nSPS) is 11.9. The van der Waals surface area contributed by atoms with E-state index in [1.165, 1.54) is 12.1 Å². The van der Waals surface area contributed by atoms with Gasteiger partial charge >= 0.3 is 0 Å². The number of carbonyl (C=O) groups is 1. The van der Waals surface area contributed by atoms with Crippen molar-refractivity contribution in [2.24, 2.45) is 0 Å². The molecule has 3 nitrogen and oxygen atoms in total. The van der Waals surface area contributed by atoms with Crippen LogP contribution in [0.25, 0.3) is 10.8 Å². The fourth-order valence-corrected chi connectivity index (χ4v) is 2.55. The van der Waals surface area contributed by atoms with Crippen LogP contribution in [0.3, 0.4) is 0 Å². The highest BCUT2D eigenvalue weighted by atomic mass is 19.1. The Hall–Kier alpha value is -2.88. The molecule has 0 aliphatic carbocycles. The Morgan fingerprint density at radius 3 is 2.62 bits per heavy atom. The number of halogens is 1. The topological polar surface area (TPSA) is 38.3 Å². The molecule has 4 heteroatoms. The van der Waals surface area contributed by atoms with Crippen molar-refractivity contribution < 1.29 is 13.9 Å². The van der Waals surface area contributed by atoms with E-state index in [1.54, 1.807) is 12.1 Å². The van der Waals surface area contributed by atoms with Gasteiger partial charge in [0.2, 0.25) is 0 Å². The number of hydrogen-bond acceptors (Lipinski definition) is 2. The van der Waals surface area contributed by atoms with E-state index < -0.39 is 5.82 Å². The third-order valence-corrected chi connectivity index (χ3v) is 3.82. The van der Waals surface area contributed by atoms with Crippen molar-refractivity contribution in [1.82, 2.24) is 5.32 Å². The maximum atomic E-state index is 13.1. The van der Waals surface area contributed by atoms with Crippen molar-refractivity contribution in [3.05, 3.63) is 78.1 Å². The van der Waals surface area contributed by atoms with Crippen LogP contribution in [0, 0.1) is 5.82 Å². The number of fused-ring (bicyclic) bond motifs is 1. The minimum atomic E-state index is -0.391. The van der Waals surface area contributed by atoms with E-state index in [0.29, 0.717) is 5.75 Å². The predicted octanol–water partition coefficient (Wildman–Crippen LogP) is 4.24. The molecule has 122 valence electrons. The average molecular weight is 323 g/mol. The first-order valence-corrected chi connectivity index (χ1v) is 7.78. The summed E-state index contributed by atoms with van der Waals surface area (Å²) in [5, 5.41) is 5.18. The lowest BCUT2D eigenvalue weighted by Crippen LogP contribution is -2.31. The maximum absolute atomic E-state index is 13.1. The van der Waals surface area contributed by atoms with Crippen LogP contribution in [-0.2, 0) is 4.79 Å². The second-order valence-corrected chi connectivity index (χ2v) is 5.64. The van der Waals surface area contributed by atoms with E-state index in [1.807, 2.05) is 37.3 Å². The van der Waals surface area contributed by atoms with E-state index in [9.17, 15) is 9.18 Å². The number of rotatable bonds is 5. The average Bonchev–Trinajstić information content (AvgIpc) is 2.59. The molecule has 0 aliphatic heterocycles. The summed E-state index contributed by atoms with van der Waals surface area (Å²) in [6.07, 6.45) is 0. The lowest BCUT2D eigenvalue weighted by molar-refractivity contribution is -0.123.